The molecule has 3 heteroatoms. The lowest BCUT2D eigenvalue weighted by Crippen LogP contribution is -2.05. The third-order valence-corrected chi connectivity index (χ3v) is 3.98. The number of benzene rings is 3. The van der Waals surface area contributed by atoms with Crippen LogP contribution in [0.4, 0.5) is 0 Å². The summed E-state index contributed by atoms with van der Waals surface area (Å²) >= 11 is 0. The van der Waals surface area contributed by atoms with Crippen LogP contribution < -0.4 is 5.43 Å². The molecular formula is C20H11NO2. The van der Waals surface area contributed by atoms with Crippen LogP contribution in [0.3, 0.4) is 0 Å². The Bertz CT molecular complexity index is 1150. The minimum atomic E-state index is -0.293. The van der Waals surface area contributed by atoms with E-state index < -0.39 is 0 Å². The molecule has 4 aromatic rings. The highest BCUT2D eigenvalue weighted by Gasteiger charge is 2.08. The minimum absolute atomic E-state index is 0.0240. The van der Waals surface area contributed by atoms with Gasteiger partial charge < -0.3 is 4.42 Å². The van der Waals surface area contributed by atoms with Crippen LogP contribution in [0.1, 0.15) is 5.56 Å². The van der Waals surface area contributed by atoms with Crippen LogP contribution in [-0.2, 0) is 0 Å². The molecule has 0 aliphatic carbocycles. The molecule has 3 aromatic carbocycles. The molecule has 0 radical (unpaired) electrons. The van der Waals surface area contributed by atoms with Crippen molar-refractivity contribution in [1.82, 2.24) is 0 Å². The number of nitriles is 1. The monoisotopic (exact) mass is 297 g/mol. The van der Waals surface area contributed by atoms with Gasteiger partial charge in [0.25, 0.3) is 0 Å². The van der Waals surface area contributed by atoms with Gasteiger partial charge in [-0.25, -0.2) is 0 Å². The maximum absolute atomic E-state index is 12.1. The number of rotatable bonds is 1. The van der Waals surface area contributed by atoms with Crippen molar-refractivity contribution in [3.63, 3.8) is 0 Å². The van der Waals surface area contributed by atoms with Crippen molar-refractivity contribution in [3.8, 4) is 17.2 Å². The van der Waals surface area contributed by atoms with Gasteiger partial charge in [0.05, 0.1) is 5.39 Å². The first-order chi connectivity index (χ1) is 11.3. The van der Waals surface area contributed by atoms with Gasteiger partial charge in [0.15, 0.2) is 0 Å². The first-order valence-electron chi connectivity index (χ1n) is 7.21. The van der Waals surface area contributed by atoms with Crippen LogP contribution in [0.15, 0.2) is 76.1 Å². The SMILES string of the molecule is N#Cc1coc2cc(-c3ccc4ccccc4c3)ccc2c1=O. The fourth-order valence-corrected chi connectivity index (χ4v) is 2.75. The largest absolute Gasteiger partial charge is 0.463 e. The second-order valence-electron chi connectivity index (χ2n) is 5.36. The molecule has 0 aliphatic heterocycles. The first kappa shape index (κ1) is 13.3. The highest BCUT2D eigenvalue weighted by Crippen LogP contribution is 2.26. The van der Waals surface area contributed by atoms with Crippen LogP contribution in [0, 0.1) is 11.3 Å². The van der Waals surface area contributed by atoms with E-state index in [-0.39, 0.29) is 11.0 Å². The maximum Gasteiger partial charge on any atom is 0.210 e. The molecule has 0 spiro atoms. The molecular weight excluding hydrogens is 286 g/mol. The van der Waals surface area contributed by atoms with E-state index in [0.717, 1.165) is 16.5 Å². The standard InChI is InChI=1S/C20H11NO2/c21-11-17-12-23-19-10-16(7-8-18(19)20(17)22)15-6-5-13-3-1-2-4-14(13)9-15/h1-10,12H. The minimum Gasteiger partial charge on any atom is -0.463 e. The highest BCUT2D eigenvalue weighted by atomic mass is 16.3. The smallest absolute Gasteiger partial charge is 0.210 e. The molecule has 1 heterocycles. The first-order valence-corrected chi connectivity index (χ1v) is 7.21. The topological polar surface area (TPSA) is 54.0 Å². The lowest BCUT2D eigenvalue weighted by atomic mass is 10.00. The summed E-state index contributed by atoms with van der Waals surface area (Å²) in [6.45, 7) is 0. The van der Waals surface area contributed by atoms with Crippen molar-refractivity contribution in [2.45, 2.75) is 0 Å². The van der Waals surface area contributed by atoms with Gasteiger partial charge in [0.2, 0.25) is 5.43 Å². The second kappa shape index (κ2) is 5.11. The molecule has 108 valence electrons. The van der Waals surface area contributed by atoms with E-state index in [1.165, 1.54) is 11.6 Å². The predicted molar refractivity (Wildman–Crippen MR) is 90.1 cm³/mol. The van der Waals surface area contributed by atoms with Crippen molar-refractivity contribution in [1.29, 1.82) is 5.26 Å². The molecule has 0 saturated carbocycles. The number of hydrogen-bond donors (Lipinski definition) is 0. The van der Waals surface area contributed by atoms with Crippen molar-refractivity contribution < 1.29 is 4.42 Å². The molecule has 0 amide bonds. The van der Waals surface area contributed by atoms with Crippen molar-refractivity contribution in [3.05, 3.63) is 82.7 Å². The summed E-state index contributed by atoms with van der Waals surface area (Å²) in [4.78, 5) is 12.1. The molecule has 4 rings (SSSR count). The summed E-state index contributed by atoms with van der Waals surface area (Å²) in [6.07, 6.45) is 1.22. The Hall–Kier alpha value is -3.38. The molecule has 0 atom stereocenters. The molecule has 0 bridgehead atoms. The zero-order valence-corrected chi connectivity index (χ0v) is 12.1. The van der Waals surface area contributed by atoms with Gasteiger partial charge in [0, 0.05) is 0 Å². The molecule has 0 aliphatic rings. The molecule has 23 heavy (non-hydrogen) atoms. The Balaban J connectivity index is 1.91. The summed E-state index contributed by atoms with van der Waals surface area (Å²) in [6, 6.07) is 21.7. The summed E-state index contributed by atoms with van der Waals surface area (Å²) < 4.78 is 5.44. The van der Waals surface area contributed by atoms with Crippen molar-refractivity contribution in [2.75, 3.05) is 0 Å². The van der Waals surface area contributed by atoms with Gasteiger partial charge in [-0.15, -0.1) is 0 Å². The predicted octanol–water partition coefficient (Wildman–Crippen LogP) is 4.48. The van der Waals surface area contributed by atoms with Gasteiger partial charge in [-0.3, -0.25) is 4.79 Å². The Morgan fingerprint density at radius 2 is 1.61 bits per heavy atom. The summed E-state index contributed by atoms with van der Waals surface area (Å²) in [7, 11) is 0. The molecule has 0 saturated heterocycles. The summed E-state index contributed by atoms with van der Waals surface area (Å²) in [5, 5.41) is 11.7. The fraction of sp³-hybridized carbons (Fsp3) is 0. The Morgan fingerprint density at radius 3 is 2.43 bits per heavy atom. The number of nitrogens with zero attached hydrogens (tertiary/aromatic N) is 1. The van der Waals surface area contributed by atoms with E-state index in [2.05, 4.69) is 24.3 Å². The van der Waals surface area contributed by atoms with Crippen LogP contribution in [0.5, 0.6) is 0 Å². The second-order valence-corrected chi connectivity index (χ2v) is 5.36. The Morgan fingerprint density at radius 1 is 0.870 bits per heavy atom. The zero-order valence-electron chi connectivity index (χ0n) is 12.1. The maximum atomic E-state index is 12.1. The van der Waals surface area contributed by atoms with Gasteiger partial charge in [-0.1, -0.05) is 42.5 Å². The number of fused-ring (bicyclic) bond motifs is 2. The average Bonchev–Trinajstić information content (AvgIpc) is 2.61. The van der Waals surface area contributed by atoms with Crippen LogP contribution >= 0.6 is 0 Å². The van der Waals surface area contributed by atoms with E-state index in [4.69, 9.17) is 9.68 Å². The third-order valence-electron chi connectivity index (χ3n) is 3.98. The normalized spacial score (nSPS) is 10.7. The van der Waals surface area contributed by atoms with Crippen LogP contribution in [-0.4, -0.2) is 0 Å². The Kier molecular flexibility index (Phi) is 2.96. The fourth-order valence-electron chi connectivity index (χ4n) is 2.75. The van der Waals surface area contributed by atoms with E-state index in [1.807, 2.05) is 36.4 Å². The lowest BCUT2D eigenvalue weighted by molar-refractivity contribution is 0.600. The van der Waals surface area contributed by atoms with Crippen molar-refractivity contribution >= 4 is 21.7 Å². The summed E-state index contributed by atoms with van der Waals surface area (Å²) in [5.41, 5.74) is 2.24. The highest BCUT2D eigenvalue weighted by molar-refractivity contribution is 5.89. The molecule has 0 unspecified atom stereocenters. The lowest BCUT2D eigenvalue weighted by Gasteiger charge is -2.05. The van der Waals surface area contributed by atoms with Gasteiger partial charge in [-0.2, -0.15) is 5.26 Å². The number of hydrogen-bond acceptors (Lipinski definition) is 3. The zero-order chi connectivity index (χ0) is 15.8. The van der Waals surface area contributed by atoms with Crippen LogP contribution in [0.25, 0.3) is 32.9 Å². The quantitative estimate of drug-likeness (QED) is 0.520. The van der Waals surface area contributed by atoms with E-state index in [1.54, 1.807) is 6.07 Å². The molecule has 3 nitrogen and oxygen atoms in total. The molecule has 1 aromatic heterocycles. The van der Waals surface area contributed by atoms with Crippen LogP contribution in [0.2, 0.25) is 0 Å². The molecule has 0 fully saturated rings. The van der Waals surface area contributed by atoms with E-state index in [9.17, 15) is 4.79 Å². The van der Waals surface area contributed by atoms with E-state index in [0.29, 0.717) is 11.0 Å². The van der Waals surface area contributed by atoms with Crippen molar-refractivity contribution in [2.24, 2.45) is 0 Å². The van der Waals surface area contributed by atoms with Gasteiger partial charge in [-0.05, 0) is 40.1 Å². The average molecular weight is 297 g/mol. The molecule has 0 N–H and O–H groups in total. The van der Waals surface area contributed by atoms with E-state index >= 15 is 0 Å². The van der Waals surface area contributed by atoms with Gasteiger partial charge in [0.1, 0.15) is 23.5 Å². The summed E-state index contributed by atoms with van der Waals surface area (Å²) in [5.74, 6) is 0. The Labute approximate surface area is 132 Å². The van der Waals surface area contributed by atoms with Gasteiger partial charge >= 0.3 is 0 Å². The third kappa shape index (κ3) is 2.18.